The van der Waals surface area contributed by atoms with Gasteiger partial charge < -0.3 is 5.32 Å². The normalized spacial score (nSPS) is 11.4. The molecule has 0 radical (unpaired) electrons. The van der Waals surface area contributed by atoms with Gasteiger partial charge in [0.15, 0.2) is 0 Å². The van der Waals surface area contributed by atoms with Gasteiger partial charge in [-0.2, -0.15) is 0 Å². The molecule has 0 saturated carbocycles. The van der Waals surface area contributed by atoms with Crippen LogP contribution in [0, 0.1) is 6.92 Å². The van der Waals surface area contributed by atoms with E-state index in [1.54, 1.807) is 20.0 Å². The number of hydrogen-bond acceptors (Lipinski definition) is 4. The lowest BCUT2D eigenvalue weighted by Gasteiger charge is -2.07. The molecule has 0 aliphatic heterocycles. The summed E-state index contributed by atoms with van der Waals surface area (Å²) >= 11 is 0. The average Bonchev–Trinajstić information content (AvgIpc) is 2.17. The fourth-order valence-electron chi connectivity index (χ4n) is 1.08. The maximum atomic E-state index is 11.4. The molecule has 6 heteroatoms. The number of hydrogen-bond donors (Lipinski definition) is 2. The van der Waals surface area contributed by atoms with Gasteiger partial charge in [-0.3, -0.25) is 0 Å². The van der Waals surface area contributed by atoms with Crippen LogP contribution in [-0.2, 0) is 10.0 Å². The summed E-state index contributed by atoms with van der Waals surface area (Å²) in [5.41, 5.74) is 0.478. The van der Waals surface area contributed by atoms with E-state index in [0.717, 1.165) is 0 Å². The molecule has 14 heavy (non-hydrogen) atoms. The minimum absolute atomic E-state index is 0.207. The lowest BCUT2D eigenvalue weighted by atomic mass is 10.4. The number of sulfonamides is 1. The third-order valence-corrected chi connectivity index (χ3v) is 3.40. The number of nitrogens with zero attached hydrogens (tertiary/aromatic N) is 1. The second-order valence-corrected chi connectivity index (χ2v) is 4.59. The SMILES string of the molecule is CNc1ccc(S(=O)(=O)NC)c(C)n1. The maximum Gasteiger partial charge on any atom is 0.242 e. The smallest absolute Gasteiger partial charge is 0.242 e. The van der Waals surface area contributed by atoms with Crippen LogP contribution in [0.4, 0.5) is 5.82 Å². The Hall–Kier alpha value is -1.14. The van der Waals surface area contributed by atoms with Gasteiger partial charge in [-0.25, -0.2) is 18.1 Å². The van der Waals surface area contributed by atoms with Crippen molar-refractivity contribution in [2.75, 3.05) is 19.4 Å². The van der Waals surface area contributed by atoms with E-state index in [-0.39, 0.29) is 4.90 Å². The van der Waals surface area contributed by atoms with Crippen LogP contribution in [0.3, 0.4) is 0 Å². The molecule has 1 aromatic rings. The zero-order chi connectivity index (χ0) is 10.8. The van der Waals surface area contributed by atoms with E-state index < -0.39 is 10.0 Å². The molecule has 5 nitrogen and oxygen atoms in total. The van der Waals surface area contributed by atoms with E-state index >= 15 is 0 Å². The van der Waals surface area contributed by atoms with Crippen molar-refractivity contribution in [1.82, 2.24) is 9.71 Å². The summed E-state index contributed by atoms with van der Waals surface area (Å²) in [7, 11) is -0.288. The zero-order valence-electron chi connectivity index (χ0n) is 8.33. The van der Waals surface area contributed by atoms with Gasteiger partial charge >= 0.3 is 0 Å². The molecule has 1 heterocycles. The largest absolute Gasteiger partial charge is 0.373 e. The van der Waals surface area contributed by atoms with Crippen molar-refractivity contribution in [3.63, 3.8) is 0 Å². The van der Waals surface area contributed by atoms with Crippen LogP contribution < -0.4 is 10.0 Å². The highest BCUT2D eigenvalue weighted by molar-refractivity contribution is 7.89. The first-order chi connectivity index (χ1) is 6.51. The van der Waals surface area contributed by atoms with E-state index in [1.165, 1.54) is 13.1 Å². The Balaban J connectivity index is 3.26. The molecule has 78 valence electrons. The van der Waals surface area contributed by atoms with E-state index in [0.29, 0.717) is 11.5 Å². The lowest BCUT2D eigenvalue weighted by molar-refractivity contribution is 0.587. The van der Waals surface area contributed by atoms with Crippen LogP contribution in [0.25, 0.3) is 0 Å². The Kier molecular flexibility index (Phi) is 3.07. The van der Waals surface area contributed by atoms with Gasteiger partial charge in [0, 0.05) is 7.05 Å². The maximum absolute atomic E-state index is 11.4. The minimum Gasteiger partial charge on any atom is -0.373 e. The lowest BCUT2D eigenvalue weighted by Crippen LogP contribution is -2.20. The third-order valence-electron chi connectivity index (χ3n) is 1.85. The van der Waals surface area contributed by atoms with E-state index in [1.807, 2.05) is 0 Å². The summed E-state index contributed by atoms with van der Waals surface area (Å²) in [6.45, 7) is 1.66. The van der Waals surface area contributed by atoms with E-state index in [9.17, 15) is 8.42 Å². The zero-order valence-corrected chi connectivity index (χ0v) is 9.14. The van der Waals surface area contributed by atoms with Crippen molar-refractivity contribution in [2.45, 2.75) is 11.8 Å². The summed E-state index contributed by atoms with van der Waals surface area (Å²) in [5, 5.41) is 2.84. The Morgan fingerprint density at radius 1 is 1.29 bits per heavy atom. The molecule has 2 N–H and O–H groups in total. The summed E-state index contributed by atoms with van der Waals surface area (Å²) < 4.78 is 25.1. The Morgan fingerprint density at radius 2 is 1.93 bits per heavy atom. The van der Waals surface area contributed by atoms with Crippen LogP contribution in [0.5, 0.6) is 0 Å². The molecule has 0 aromatic carbocycles. The van der Waals surface area contributed by atoms with Gasteiger partial charge in [-0.1, -0.05) is 0 Å². The van der Waals surface area contributed by atoms with Gasteiger partial charge in [0.25, 0.3) is 0 Å². The number of nitrogens with one attached hydrogen (secondary N) is 2. The summed E-state index contributed by atoms with van der Waals surface area (Å²) in [5.74, 6) is 0.651. The number of pyridine rings is 1. The van der Waals surface area contributed by atoms with Gasteiger partial charge in [0.2, 0.25) is 10.0 Å². The van der Waals surface area contributed by atoms with Crippen molar-refractivity contribution < 1.29 is 8.42 Å². The molecule has 0 aliphatic carbocycles. The van der Waals surface area contributed by atoms with Crippen LogP contribution in [-0.4, -0.2) is 27.5 Å². The van der Waals surface area contributed by atoms with Gasteiger partial charge in [0.1, 0.15) is 10.7 Å². The average molecular weight is 215 g/mol. The predicted octanol–water partition coefficient (Wildman–Crippen LogP) is 0.340. The number of anilines is 1. The molecule has 0 unspecified atom stereocenters. The molecule has 0 atom stereocenters. The fourth-order valence-corrected chi connectivity index (χ4v) is 1.98. The number of rotatable bonds is 3. The molecule has 0 spiro atoms. The van der Waals surface area contributed by atoms with Gasteiger partial charge in [0.05, 0.1) is 5.69 Å². The van der Waals surface area contributed by atoms with Crippen molar-refractivity contribution in [1.29, 1.82) is 0 Å². The highest BCUT2D eigenvalue weighted by atomic mass is 32.2. The van der Waals surface area contributed by atoms with Gasteiger partial charge in [-0.15, -0.1) is 0 Å². The van der Waals surface area contributed by atoms with Gasteiger partial charge in [-0.05, 0) is 26.1 Å². The second kappa shape index (κ2) is 3.93. The first-order valence-electron chi connectivity index (χ1n) is 4.10. The summed E-state index contributed by atoms with van der Waals surface area (Å²) in [6, 6.07) is 3.15. The summed E-state index contributed by atoms with van der Waals surface area (Å²) in [4.78, 5) is 4.28. The summed E-state index contributed by atoms with van der Waals surface area (Å²) in [6.07, 6.45) is 0. The second-order valence-electron chi connectivity index (χ2n) is 2.74. The molecule has 1 aromatic heterocycles. The standard InChI is InChI=1S/C8H13N3O2S/c1-6-7(14(12,13)10-3)4-5-8(9-2)11-6/h4-5,10H,1-3H3,(H,9,11). The molecule has 1 rings (SSSR count). The van der Waals surface area contributed by atoms with Crippen LogP contribution in [0.2, 0.25) is 0 Å². The fraction of sp³-hybridized carbons (Fsp3) is 0.375. The van der Waals surface area contributed by atoms with Crippen molar-refractivity contribution >= 4 is 15.8 Å². The minimum atomic E-state index is -3.39. The third kappa shape index (κ3) is 2.02. The monoisotopic (exact) mass is 215 g/mol. The van der Waals surface area contributed by atoms with E-state index in [2.05, 4.69) is 15.0 Å². The molecule has 0 amide bonds. The quantitative estimate of drug-likeness (QED) is 0.762. The van der Waals surface area contributed by atoms with Crippen LogP contribution in [0.1, 0.15) is 5.69 Å². The molecule has 0 fully saturated rings. The van der Waals surface area contributed by atoms with Crippen molar-refractivity contribution in [3.8, 4) is 0 Å². The first-order valence-corrected chi connectivity index (χ1v) is 5.58. The van der Waals surface area contributed by atoms with Crippen molar-refractivity contribution in [2.24, 2.45) is 0 Å². The number of aryl methyl sites for hydroxylation is 1. The Labute approximate surface area is 83.6 Å². The molecule has 0 bridgehead atoms. The topological polar surface area (TPSA) is 71.1 Å². The Bertz CT molecular complexity index is 428. The first kappa shape index (κ1) is 10.9. The predicted molar refractivity (Wildman–Crippen MR) is 54.8 cm³/mol. The van der Waals surface area contributed by atoms with Crippen LogP contribution >= 0.6 is 0 Å². The highest BCUT2D eigenvalue weighted by Gasteiger charge is 2.15. The molecular weight excluding hydrogens is 202 g/mol. The highest BCUT2D eigenvalue weighted by Crippen LogP contribution is 2.14. The van der Waals surface area contributed by atoms with E-state index in [4.69, 9.17) is 0 Å². The number of aromatic nitrogens is 1. The van der Waals surface area contributed by atoms with Crippen LogP contribution in [0.15, 0.2) is 17.0 Å². The van der Waals surface area contributed by atoms with Crippen molar-refractivity contribution in [3.05, 3.63) is 17.8 Å². The Morgan fingerprint density at radius 3 is 2.36 bits per heavy atom. The molecular formula is C8H13N3O2S. The molecule has 0 saturated heterocycles. The molecule has 0 aliphatic rings.